The van der Waals surface area contributed by atoms with Crippen molar-refractivity contribution in [2.75, 3.05) is 12.4 Å². The van der Waals surface area contributed by atoms with E-state index in [1.165, 1.54) is 30.4 Å². The first kappa shape index (κ1) is 23.1. The summed E-state index contributed by atoms with van der Waals surface area (Å²) < 4.78 is 41.5. The van der Waals surface area contributed by atoms with Crippen LogP contribution in [-0.2, 0) is 16.6 Å². The van der Waals surface area contributed by atoms with Crippen LogP contribution in [0.4, 0.5) is 18.9 Å². The van der Waals surface area contributed by atoms with Crippen LogP contribution in [0, 0.1) is 5.41 Å². The molecule has 2 aromatic rings. The van der Waals surface area contributed by atoms with Gasteiger partial charge in [-0.3, -0.25) is 9.78 Å². The van der Waals surface area contributed by atoms with Gasteiger partial charge in [-0.25, -0.2) is 0 Å². The number of alkyl halides is 3. The number of carbonyl (C=O) groups is 1. The molecule has 0 bridgehead atoms. The average Bonchev–Trinajstić information content (AvgIpc) is 2.91. The molecule has 0 saturated carbocycles. The van der Waals surface area contributed by atoms with Crippen LogP contribution in [0.1, 0.15) is 57.5 Å². The van der Waals surface area contributed by atoms with Gasteiger partial charge in [0.1, 0.15) is 0 Å². The molecule has 0 saturated heterocycles. The largest absolute Gasteiger partial charge is 0.414 e. The minimum atomic E-state index is -4.63. The molecule has 2 atom stereocenters. The van der Waals surface area contributed by atoms with E-state index in [4.69, 9.17) is 0 Å². The van der Waals surface area contributed by atoms with E-state index in [-0.39, 0.29) is 17.2 Å². The van der Waals surface area contributed by atoms with Gasteiger partial charge in [-0.2, -0.15) is 13.2 Å². The molecule has 1 aromatic carbocycles. The number of amides is 1. The van der Waals surface area contributed by atoms with Gasteiger partial charge in [0.05, 0.1) is 17.6 Å². The molecule has 1 amide bonds. The molecular formula is C24H30F3N3O. The summed E-state index contributed by atoms with van der Waals surface area (Å²) in [6.07, 6.45) is -2.38. The Bertz CT molecular complexity index is 946. The second-order valence-electron chi connectivity index (χ2n) is 9.86. The van der Waals surface area contributed by atoms with Gasteiger partial charge in [-0.1, -0.05) is 58.9 Å². The van der Waals surface area contributed by atoms with Gasteiger partial charge in [0.2, 0.25) is 5.91 Å². The van der Waals surface area contributed by atoms with Crippen LogP contribution in [0.3, 0.4) is 0 Å². The van der Waals surface area contributed by atoms with E-state index in [2.05, 4.69) is 36.3 Å². The van der Waals surface area contributed by atoms with E-state index in [0.29, 0.717) is 5.69 Å². The maximum Gasteiger partial charge on any atom is 0.414 e. The van der Waals surface area contributed by atoms with Crippen molar-refractivity contribution in [3.05, 3.63) is 59.4 Å². The quantitative estimate of drug-likeness (QED) is 0.692. The molecule has 1 aliphatic carbocycles. The number of nitrogens with one attached hydrogen (secondary N) is 1. The minimum absolute atomic E-state index is 0.0982. The van der Waals surface area contributed by atoms with Gasteiger partial charge in [0.25, 0.3) is 0 Å². The lowest BCUT2D eigenvalue weighted by Crippen LogP contribution is -2.44. The summed E-state index contributed by atoms with van der Waals surface area (Å²) in [6, 6.07) is 9.22. The van der Waals surface area contributed by atoms with E-state index in [1.807, 2.05) is 12.1 Å². The van der Waals surface area contributed by atoms with Crippen LogP contribution >= 0.6 is 0 Å². The summed E-state index contributed by atoms with van der Waals surface area (Å²) in [5.41, 5.74) is 1.95. The Morgan fingerprint density at radius 3 is 2.32 bits per heavy atom. The number of anilines is 1. The van der Waals surface area contributed by atoms with Crippen LogP contribution in [0.25, 0.3) is 0 Å². The third-order valence-corrected chi connectivity index (χ3v) is 6.07. The van der Waals surface area contributed by atoms with Crippen molar-refractivity contribution < 1.29 is 18.0 Å². The van der Waals surface area contributed by atoms with E-state index in [1.54, 1.807) is 26.8 Å². The van der Waals surface area contributed by atoms with E-state index in [0.717, 1.165) is 11.3 Å². The highest BCUT2D eigenvalue weighted by molar-refractivity contribution is 5.81. The summed E-state index contributed by atoms with van der Waals surface area (Å²) in [5.74, 6) is -0.593. The Balaban J connectivity index is 1.82. The molecule has 1 aromatic heterocycles. The SMILES string of the molecule is CN(C(=O)C(C)(C)C)C(c1ccc(NC2Cc3ccccc3C2(C)C)cn1)C(F)(F)F. The first-order chi connectivity index (χ1) is 14.2. The Hall–Kier alpha value is -2.57. The number of nitrogens with zero attached hydrogens (tertiary/aromatic N) is 2. The van der Waals surface area contributed by atoms with Crippen molar-refractivity contribution in [3.8, 4) is 0 Å². The van der Waals surface area contributed by atoms with Crippen molar-refractivity contribution in [2.45, 2.75) is 64.7 Å². The number of fused-ring (bicyclic) bond motifs is 1. The maximum absolute atomic E-state index is 13.8. The second-order valence-corrected chi connectivity index (χ2v) is 9.86. The zero-order valence-corrected chi connectivity index (χ0v) is 18.8. The zero-order valence-electron chi connectivity index (χ0n) is 18.8. The molecule has 168 valence electrons. The summed E-state index contributed by atoms with van der Waals surface area (Å²) >= 11 is 0. The van der Waals surface area contributed by atoms with Gasteiger partial charge >= 0.3 is 6.18 Å². The van der Waals surface area contributed by atoms with Gasteiger partial charge in [0, 0.05) is 23.9 Å². The first-order valence-corrected chi connectivity index (χ1v) is 10.4. The summed E-state index contributed by atoms with van der Waals surface area (Å²) in [5, 5.41) is 3.43. The Labute approximate surface area is 181 Å². The lowest BCUT2D eigenvalue weighted by Gasteiger charge is -2.34. The number of hydrogen-bond acceptors (Lipinski definition) is 3. The number of carbonyl (C=O) groups excluding carboxylic acids is 1. The molecule has 0 aliphatic heterocycles. The number of benzene rings is 1. The highest BCUT2D eigenvalue weighted by Crippen LogP contribution is 2.41. The van der Waals surface area contributed by atoms with Crippen LogP contribution in [0.2, 0.25) is 0 Å². The van der Waals surface area contributed by atoms with Crippen molar-refractivity contribution in [1.82, 2.24) is 9.88 Å². The van der Waals surface area contributed by atoms with E-state index >= 15 is 0 Å². The second kappa shape index (κ2) is 7.84. The molecule has 1 heterocycles. The fourth-order valence-corrected chi connectivity index (χ4v) is 4.31. The number of pyridine rings is 1. The van der Waals surface area contributed by atoms with Gasteiger partial charge in [-0.05, 0) is 29.7 Å². The third kappa shape index (κ3) is 4.55. The summed E-state index contributed by atoms with van der Waals surface area (Å²) in [4.78, 5) is 17.3. The van der Waals surface area contributed by atoms with Gasteiger partial charge in [0.15, 0.2) is 6.04 Å². The molecule has 2 unspecified atom stereocenters. The van der Waals surface area contributed by atoms with Crippen molar-refractivity contribution >= 4 is 11.6 Å². The summed E-state index contributed by atoms with van der Waals surface area (Å²) in [7, 11) is 1.18. The van der Waals surface area contributed by atoms with Crippen molar-refractivity contribution in [2.24, 2.45) is 5.41 Å². The van der Waals surface area contributed by atoms with Crippen LogP contribution in [-0.4, -0.2) is 35.1 Å². The van der Waals surface area contributed by atoms with Crippen LogP contribution in [0.5, 0.6) is 0 Å². The Morgan fingerprint density at radius 1 is 1.16 bits per heavy atom. The van der Waals surface area contributed by atoms with Crippen molar-refractivity contribution in [1.29, 1.82) is 0 Å². The normalized spacial score (nSPS) is 18.9. The minimum Gasteiger partial charge on any atom is -0.380 e. The van der Waals surface area contributed by atoms with E-state index in [9.17, 15) is 18.0 Å². The number of aromatic nitrogens is 1. The Kier molecular flexibility index (Phi) is 5.84. The molecule has 4 nitrogen and oxygen atoms in total. The molecule has 1 aliphatic rings. The lowest BCUT2D eigenvalue weighted by molar-refractivity contribution is -0.192. The molecule has 0 radical (unpaired) electrons. The van der Waals surface area contributed by atoms with Crippen molar-refractivity contribution in [3.63, 3.8) is 0 Å². The number of hydrogen-bond donors (Lipinski definition) is 1. The standard InChI is InChI=1S/C24H30F3N3O/c1-22(2,3)21(31)30(6)20(24(25,26)27)18-12-11-16(14-28-18)29-19-13-15-9-7-8-10-17(15)23(19,4)5/h7-12,14,19-20,29H,13H2,1-6H3. The Morgan fingerprint density at radius 2 is 1.81 bits per heavy atom. The fraction of sp³-hybridized carbons (Fsp3) is 0.500. The van der Waals surface area contributed by atoms with Gasteiger partial charge < -0.3 is 10.2 Å². The molecule has 7 heteroatoms. The predicted molar refractivity (Wildman–Crippen MR) is 116 cm³/mol. The smallest absolute Gasteiger partial charge is 0.380 e. The van der Waals surface area contributed by atoms with Crippen LogP contribution in [0.15, 0.2) is 42.6 Å². The molecule has 3 rings (SSSR count). The number of rotatable bonds is 4. The summed E-state index contributed by atoms with van der Waals surface area (Å²) in [6.45, 7) is 9.11. The predicted octanol–water partition coefficient (Wildman–Crippen LogP) is 5.50. The lowest BCUT2D eigenvalue weighted by atomic mass is 9.83. The van der Waals surface area contributed by atoms with E-state index < -0.39 is 23.5 Å². The highest BCUT2D eigenvalue weighted by Gasteiger charge is 2.47. The fourth-order valence-electron chi connectivity index (χ4n) is 4.31. The maximum atomic E-state index is 13.8. The zero-order chi connectivity index (χ0) is 23.2. The average molecular weight is 434 g/mol. The third-order valence-electron chi connectivity index (χ3n) is 6.07. The molecule has 0 spiro atoms. The highest BCUT2D eigenvalue weighted by atomic mass is 19.4. The van der Waals surface area contributed by atoms with Gasteiger partial charge in [-0.15, -0.1) is 0 Å². The number of halogens is 3. The molecule has 31 heavy (non-hydrogen) atoms. The molecule has 0 fully saturated rings. The molecular weight excluding hydrogens is 403 g/mol. The monoisotopic (exact) mass is 433 g/mol. The molecule has 1 N–H and O–H groups in total. The van der Waals surface area contributed by atoms with Crippen LogP contribution < -0.4 is 5.32 Å². The first-order valence-electron chi connectivity index (χ1n) is 10.4. The topological polar surface area (TPSA) is 45.2 Å².